The molecule has 0 spiro atoms. The molecule has 1 amide bonds. The number of aromatic hydroxyl groups is 1. The zero-order valence-electron chi connectivity index (χ0n) is 13.3. The van der Waals surface area contributed by atoms with Gasteiger partial charge in [-0.1, -0.05) is 0 Å². The number of nitro benzene ring substituents is 2. The Balaban J connectivity index is 2.14. The molecule has 0 aliphatic carbocycles. The number of nitrogens with zero attached hydrogens (tertiary/aromatic N) is 3. The van der Waals surface area contributed by atoms with Gasteiger partial charge in [-0.05, 0) is 18.2 Å². The third kappa shape index (κ3) is 4.08. The molecule has 26 heavy (non-hydrogen) atoms. The summed E-state index contributed by atoms with van der Waals surface area (Å²) in [6, 6.07) is 7.22. The number of non-ortho nitro benzene ring substituents is 1. The van der Waals surface area contributed by atoms with Gasteiger partial charge in [0.1, 0.15) is 0 Å². The van der Waals surface area contributed by atoms with Crippen molar-refractivity contribution in [3.63, 3.8) is 0 Å². The maximum Gasteiger partial charge on any atom is 0.315 e. The summed E-state index contributed by atoms with van der Waals surface area (Å²) in [5, 5.41) is 34.8. The molecule has 11 nitrogen and oxygen atoms in total. The maximum absolute atomic E-state index is 11.9. The highest BCUT2D eigenvalue weighted by atomic mass is 16.6. The van der Waals surface area contributed by atoms with Gasteiger partial charge in [-0.15, -0.1) is 0 Å². The quantitative estimate of drug-likeness (QED) is 0.453. The van der Waals surface area contributed by atoms with Crippen molar-refractivity contribution in [2.75, 3.05) is 7.11 Å². The van der Waals surface area contributed by atoms with E-state index < -0.39 is 27.2 Å². The van der Waals surface area contributed by atoms with Gasteiger partial charge in [-0.3, -0.25) is 25.0 Å². The predicted molar refractivity (Wildman–Crippen MR) is 89.5 cm³/mol. The van der Waals surface area contributed by atoms with E-state index in [1.54, 1.807) is 0 Å². The van der Waals surface area contributed by atoms with Gasteiger partial charge in [-0.25, -0.2) is 5.43 Å². The van der Waals surface area contributed by atoms with Crippen molar-refractivity contribution >= 4 is 23.5 Å². The minimum absolute atomic E-state index is 0.123. The summed E-state index contributed by atoms with van der Waals surface area (Å²) in [4.78, 5) is 32.0. The zero-order valence-corrected chi connectivity index (χ0v) is 13.3. The molecule has 0 aliphatic rings. The molecule has 2 N–H and O–H groups in total. The van der Waals surface area contributed by atoms with E-state index in [1.807, 2.05) is 0 Å². The van der Waals surface area contributed by atoms with Crippen LogP contribution in [0.15, 0.2) is 41.5 Å². The van der Waals surface area contributed by atoms with Crippen LogP contribution < -0.4 is 10.2 Å². The normalized spacial score (nSPS) is 10.5. The molecule has 0 aromatic heterocycles. The van der Waals surface area contributed by atoms with E-state index in [0.29, 0.717) is 0 Å². The van der Waals surface area contributed by atoms with Crippen LogP contribution in [0.2, 0.25) is 0 Å². The van der Waals surface area contributed by atoms with Crippen molar-refractivity contribution in [3.05, 3.63) is 67.8 Å². The Labute approximate surface area is 145 Å². The van der Waals surface area contributed by atoms with Crippen molar-refractivity contribution in [2.24, 2.45) is 5.10 Å². The largest absolute Gasteiger partial charge is 0.500 e. The standard InChI is InChI=1S/C15H12N4O7/c1-26-13-7-9(6-12(14(13)20)19(24)25)8-16-17-15(21)10-2-4-11(5-3-10)18(22)23/h2-8,20H,1H3,(H,17,21). The average molecular weight is 360 g/mol. The highest BCUT2D eigenvalue weighted by Crippen LogP contribution is 2.36. The van der Waals surface area contributed by atoms with Crippen LogP contribution in [0.25, 0.3) is 0 Å². The van der Waals surface area contributed by atoms with Gasteiger partial charge in [0.2, 0.25) is 5.75 Å². The lowest BCUT2D eigenvalue weighted by molar-refractivity contribution is -0.386. The van der Waals surface area contributed by atoms with Gasteiger partial charge in [0, 0.05) is 29.3 Å². The summed E-state index contributed by atoms with van der Waals surface area (Å²) in [5.41, 5.74) is 1.79. The number of hydrogen-bond acceptors (Lipinski definition) is 8. The summed E-state index contributed by atoms with van der Waals surface area (Å²) in [6.07, 6.45) is 1.12. The van der Waals surface area contributed by atoms with Crippen LogP contribution in [0, 0.1) is 20.2 Å². The Morgan fingerprint density at radius 2 is 1.85 bits per heavy atom. The van der Waals surface area contributed by atoms with Crippen molar-refractivity contribution in [1.29, 1.82) is 0 Å². The smallest absolute Gasteiger partial charge is 0.315 e. The number of carbonyl (C=O) groups excluding carboxylic acids is 1. The second-order valence-electron chi connectivity index (χ2n) is 4.85. The molecule has 0 heterocycles. The number of benzene rings is 2. The Hall–Kier alpha value is -4.02. The molecule has 11 heteroatoms. The minimum atomic E-state index is -0.787. The highest BCUT2D eigenvalue weighted by molar-refractivity contribution is 5.95. The van der Waals surface area contributed by atoms with Crippen molar-refractivity contribution in [2.45, 2.75) is 0 Å². The van der Waals surface area contributed by atoms with Crippen molar-refractivity contribution in [1.82, 2.24) is 5.43 Å². The second kappa shape index (κ2) is 7.70. The summed E-state index contributed by atoms with van der Waals surface area (Å²) in [7, 11) is 1.23. The molecule has 2 aromatic carbocycles. The van der Waals surface area contributed by atoms with Gasteiger partial charge in [0.05, 0.1) is 23.2 Å². The third-order valence-corrected chi connectivity index (χ3v) is 3.21. The van der Waals surface area contributed by atoms with E-state index in [0.717, 1.165) is 12.3 Å². The van der Waals surface area contributed by atoms with E-state index in [1.165, 1.54) is 37.4 Å². The highest BCUT2D eigenvalue weighted by Gasteiger charge is 2.19. The van der Waals surface area contributed by atoms with Gasteiger partial charge in [0.25, 0.3) is 11.6 Å². The summed E-state index contributed by atoms with van der Waals surface area (Å²) < 4.78 is 4.85. The van der Waals surface area contributed by atoms with Crippen LogP contribution in [-0.4, -0.2) is 34.2 Å². The predicted octanol–water partition coefficient (Wildman–Crippen LogP) is 1.98. The number of nitrogens with one attached hydrogen (secondary N) is 1. The van der Waals surface area contributed by atoms with E-state index in [9.17, 15) is 30.1 Å². The molecule has 2 aromatic rings. The maximum atomic E-state index is 11.9. The number of nitro groups is 2. The molecule has 0 saturated carbocycles. The van der Waals surface area contributed by atoms with E-state index in [2.05, 4.69) is 10.5 Å². The van der Waals surface area contributed by atoms with Gasteiger partial charge < -0.3 is 9.84 Å². The number of hydrogen-bond donors (Lipinski definition) is 2. The van der Waals surface area contributed by atoms with E-state index in [-0.39, 0.29) is 22.6 Å². The van der Waals surface area contributed by atoms with Crippen LogP contribution in [0.5, 0.6) is 11.5 Å². The molecule has 0 aliphatic heterocycles. The summed E-state index contributed by atoms with van der Waals surface area (Å²) >= 11 is 0. The molecular formula is C15H12N4O7. The van der Waals surface area contributed by atoms with E-state index >= 15 is 0 Å². The van der Waals surface area contributed by atoms with Crippen LogP contribution in [0.3, 0.4) is 0 Å². The molecule has 0 atom stereocenters. The molecule has 0 fully saturated rings. The number of methoxy groups -OCH3 is 1. The fourth-order valence-electron chi connectivity index (χ4n) is 1.95. The fraction of sp³-hybridized carbons (Fsp3) is 0.0667. The third-order valence-electron chi connectivity index (χ3n) is 3.21. The number of ether oxygens (including phenoxy) is 1. The summed E-state index contributed by atoms with van der Waals surface area (Å²) in [5.74, 6) is -1.37. The number of rotatable bonds is 6. The average Bonchev–Trinajstić information content (AvgIpc) is 2.62. The van der Waals surface area contributed by atoms with Crippen LogP contribution >= 0.6 is 0 Å². The first-order chi connectivity index (χ1) is 12.3. The fourth-order valence-corrected chi connectivity index (χ4v) is 1.95. The molecule has 2 rings (SSSR count). The lowest BCUT2D eigenvalue weighted by atomic mass is 10.2. The van der Waals surface area contributed by atoms with Crippen LogP contribution in [-0.2, 0) is 0 Å². The van der Waals surface area contributed by atoms with Gasteiger partial charge in [0.15, 0.2) is 5.75 Å². The van der Waals surface area contributed by atoms with Crippen LogP contribution in [0.4, 0.5) is 11.4 Å². The first kappa shape index (κ1) is 18.3. The molecule has 0 unspecified atom stereocenters. The monoisotopic (exact) mass is 360 g/mol. The lowest BCUT2D eigenvalue weighted by Gasteiger charge is -2.05. The van der Waals surface area contributed by atoms with Gasteiger partial charge in [-0.2, -0.15) is 5.10 Å². The van der Waals surface area contributed by atoms with Crippen molar-refractivity contribution < 1.29 is 24.5 Å². The molecule has 134 valence electrons. The van der Waals surface area contributed by atoms with E-state index in [4.69, 9.17) is 4.74 Å². The number of phenols is 1. The Bertz CT molecular complexity index is 894. The zero-order chi connectivity index (χ0) is 19.3. The Morgan fingerprint density at radius 1 is 1.19 bits per heavy atom. The molecular weight excluding hydrogens is 348 g/mol. The number of phenolic OH excluding ortho intramolecular Hbond substituents is 1. The van der Waals surface area contributed by atoms with Crippen molar-refractivity contribution in [3.8, 4) is 11.5 Å². The van der Waals surface area contributed by atoms with Crippen LogP contribution in [0.1, 0.15) is 15.9 Å². The number of amides is 1. The lowest BCUT2D eigenvalue weighted by Crippen LogP contribution is -2.17. The topological polar surface area (TPSA) is 157 Å². The number of hydrazone groups is 1. The first-order valence-electron chi connectivity index (χ1n) is 6.96. The number of carbonyl (C=O) groups is 1. The van der Waals surface area contributed by atoms with Gasteiger partial charge >= 0.3 is 5.69 Å². The molecule has 0 radical (unpaired) electrons. The summed E-state index contributed by atoms with van der Waals surface area (Å²) in [6.45, 7) is 0. The minimum Gasteiger partial charge on any atom is -0.500 e. The second-order valence-corrected chi connectivity index (χ2v) is 4.85. The molecule has 0 saturated heterocycles. The Morgan fingerprint density at radius 3 is 2.38 bits per heavy atom. The first-order valence-corrected chi connectivity index (χ1v) is 6.96. The Kier molecular flexibility index (Phi) is 5.43. The SMILES string of the molecule is COc1cc(C=NNC(=O)c2ccc([N+](=O)[O-])cc2)cc([N+](=O)[O-])c1O. The molecule has 0 bridgehead atoms.